The molecule has 0 aliphatic rings. The number of amides is 1. The molecule has 0 spiro atoms. The lowest BCUT2D eigenvalue weighted by molar-refractivity contribution is -0.119. The van der Waals surface area contributed by atoms with Crippen molar-refractivity contribution >= 4 is 34.0 Å². The summed E-state index contributed by atoms with van der Waals surface area (Å²) in [5, 5.41) is 3.91. The van der Waals surface area contributed by atoms with E-state index in [4.69, 9.17) is 14.2 Å². The summed E-state index contributed by atoms with van der Waals surface area (Å²) in [7, 11) is -0.0633. The normalized spacial score (nSPS) is 11.1. The summed E-state index contributed by atoms with van der Waals surface area (Å²) in [5.41, 5.74) is 3.98. The third-order valence-electron chi connectivity index (χ3n) is 5.19. The van der Waals surface area contributed by atoms with Gasteiger partial charge in [-0.3, -0.25) is 9.10 Å². The number of nitrogens with zero attached hydrogens (tertiary/aromatic N) is 2. The van der Waals surface area contributed by atoms with Gasteiger partial charge in [-0.25, -0.2) is 18.6 Å². The molecule has 0 aromatic heterocycles. The van der Waals surface area contributed by atoms with Gasteiger partial charge in [-0.05, 0) is 55.0 Å². The average Bonchev–Trinajstić information content (AvgIpc) is 2.92. The van der Waals surface area contributed by atoms with Crippen molar-refractivity contribution in [1.82, 2.24) is 5.43 Å². The molecule has 3 rings (SSSR count). The highest BCUT2D eigenvalue weighted by atomic mass is 32.2. The number of hydrazone groups is 1. The monoisotopic (exact) mass is 541 g/mol. The lowest BCUT2D eigenvalue weighted by Crippen LogP contribution is -2.39. The molecule has 0 radical (unpaired) electrons. The molecule has 38 heavy (non-hydrogen) atoms. The first kappa shape index (κ1) is 28.0. The Morgan fingerprint density at radius 1 is 0.947 bits per heavy atom. The van der Waals surface area contributed by atoms with E-state index in [0.717, 1.165) is 9.87 Å². The molecular weight excluding hydrogens is 514 g/mol. The summed E-state index contributed by atoms with van der Waals surface area (Å²) in [6, 6.07) is 17.3. The van der Waals surface area contributed by atoms with E-state index in [1.54, 1.807) is 36.4 Å². The fraction of sp³-hybridized carbons (Fsp3) is 0.192. The quantitative estimate of drug-likeness (QED) is 0.178. The van der Waals surface area contributed by atoms with Crippen molar-refractivity contribution in [2.75, 3.05) is 32.2 Å². The first-order valence-corrected chi connectivity index (χ1v) is 12.6. The van der Waals surface area contributed by atoms with Gasteiger partial charge in [0.1, 0.15) is 12.3 Å². The second-order valence-electron chi connectivity index (χ2n) is 7.79. The van der Waals surface area contributed by atoms with Crippen LogP contribution in [0.25, 0.3) is 0 Å². The number of anilines is 1. The van der Waals surface area contributed by atoms with Crippen molar-refractivity contribution in [3.63, 3.8) is 0 Å². The van der Waals surface area contributed by atoms with Crippen molar-refractivity contribution in [1.29, 1.82) is 0 Å². The molecule has 0 saturated heterocycles. The van der Waals surface area contributed by atoms with Gasteiger partial charge in [0.15, 0.2) is 11.5 Å². The van der Waals surface area contributed by atoms with E-state index in [2.05, 4.69) is 15.3 Å². The molecule has 0 unspecified atom stereocenters. The van der Waals surface area contributed by atoms with Gasteiger partial charge >= 0.3 is 6.16 Å². The first-order chi connectivity index (χ1) is 18.2. The number of rotatable bonds is 10. The van der Waals surface area contributed by atoms with Crippen LogP contribution in [0.4, 0.5) is 10.5 Å². The van der Waals surface area contributed by atoms with E-state index in [-0.39, 0.29) is 22.1 Å². The molecule has 3 aromatic carbocycles. The highest BCUT2D eigenvalue weighted by Gasteiger charge is 2.27. The van der Waals surface area contributed by atoms with Gasteiger partial charge in [0.05, 0.1) is 38.1 Å². The molecule has 0 aliphatic heterocycles. The van der Waals surface area contributed by atoms with Crippen molar-refractivity contribution in [2.24, 2.45) is 5.10 Å². The number of sulfonamides is 1. The number of aryl methyl sites for hydroxylation is 1. The predicted molar refractivity (Wildman–Crippen MR) is 140 cm³/mol. The van der Waals surface area contributed by atoms with E-state index in [1.165, 1.54) is 57.9 Å². The maximum atomic E-state index is 13.5. The summed E-state index contributed by atoms with van der Waals surface area (Å²) in [5.74, 6) is 0.117. The molecule has 200 valence electrons. The van der Waals surface area contributed by atoms with Gasteiger partial charge in [-0.2, -0.15) is 5.10 Å². The summed E-state index contributed by atoms with van der Waals surface area (Å²) in [6.45, 7) is 1.30. The molecular formula is C26H27N3O8S. The van der Waals surface area contributed by atoms with Crippen LogP contribution in [-0.2, 0) is 19.6 Å². The zero-order valence-corrected chi connectivity index (χ0v) is 22.0. The Kier molecular flexibility index (Phi) is 9.28. The standard InChI is InChI=1S/C26H27N3O8S/c1-18-8-11-22(12-9-18)38(32,33)29(20-6-5-7-21(15-20)34-2)17-25(30)28-27-16-19-10-13-23(24(14-19)35-3)37-26(31)36-4/h5-16H,17H2,1-4H3,(H,28,30)/b27-16-. The first-order valence-electron chi connectivity index (χ1n) is 11.2. The molecule has 1 N–H and O–H groups in total. The van der Waals surface area contributed by atoms with E-state index < -0.39 is 28.6 Å². The van der Waals surface area contributed by atoms with Crippen molar-refractivity contribution in [3.05, 3.63) is 77.9 Å². The zero-order valence-electron chi connectivity index (χ0n) is 21.2. The van der Waals surface area contributed by atoms with Gasteiger partial charge in [-0.15, -0.1) is 0 Å². The van der Waals surface area contributed by atoms with Gasteiger partial charge in [0.2, 0.25) is 0 Å². The molecule has 3 aromatic rings. The SMILES string of the molecule is COC(=O)Oc1ccc(/C=N\NC(=O)CN(c2cccc(OC)c2)S(=O)(=O)c2ccc(C)cc2)cc1OC. The largest absolute Gasteiger partial charge is 0.513 e. The van der Waals surface area contributed by atoms with E-state index in [9.17, 15) is 18.0 Å². The summed E-state index contributed by atoms with van der Waals surface area (Å²) < 4.78 is 47.8. The molecule has 0 aliphatic carbocycles. The van der Waals surface area contributed by atoms with Gasteiger partial charge < -0.3 is 18.9 Å². The Bertz CT molecular complexity index is 1420. The summed E-state index contributed by atoms with van der Waals surface area (Å²) in [6.07, 6.45) is 0.422. The Morgan fingerprint density at radius 2 is 1.68 bits per heavy atom. The average molecular weight is 542 g/mol. The van der Waals surface area contributed by atoms with Gasteiger partial charge in [-0.1, -0.05) is 23.8 Å². The van der Waals surface area contributed by atoms with E-state index >= 15 is 0 Å². The van der Waals surface area contributed by atoms with Crippen LogP contribution in [0.3, 0.4) is 0 Å². The topological polar surface area (TPSA) is 133 Å². The smallest absolute Gasteiger partial charge is 0.497 e. The van der Waals surface area contributed by atoms with Crippen LogP contribution in [0, 0.1) is 6.92 Å². The third-order valence-corrected chi connectivity index (χ3v) is 6.98. The molecule has 11 nitrogen and oxygen atoms in total. The van der Waals surface area contributed by atoms with Crippen molar-refractivity contribution < 1.29 is 37.0 Å². The van der Waals surface area contributed by atoms with Crippen LogP contribution in [0.15, 0.2) is 76.7 Å². The number of benzene rings is 3. The van der Waals surface area contributed by atoms with Crippen LogP contribution in [0.5, 0.6) is 17.2 Å². The van der Waals surface area contributed by atoms with Crippen LogP contribution < -0.4 is 23.9 Å². The lowest BCUT2D eigenvalue weighted by atomic mass is 10.2. The Labute approximate surface area is 220 Å². The van der Waals surface area contributed by atoms with Crippen LogP contribution in [0.1, 0.15) is 11.1 Å². The highest BCUT2D eigenvalue weighted by Crippen LogP contribution is 2.28. The van der Waals surface area contributed by atoms with Crippen molar-refractivity contribution in [2.45, 2.75) is 11.8 Å². The van der Waals surface area contributed by atoms with Crippen LogP contribution >= 0.6 is 0 Å². The lowest BCUT2D eigenvalue weighted by Gasteiger charge is -2.24. The Morgan fingerprint density at radius 3 is 2.34 bits per heavy atom. The number of ether oxygens (including phenoxy) is 4. The highest BCUT2D eigenvalue weighted by molar-refractivity contribution is 7.92. The molecule has 0 fully saturated rings. The zero-order chi connectivity index (χ0) is 27.7. The molecule has 0 atom stereocenters. The van der Waals surface area contributed by atoms with Crippen LogP contribution in [0.2, 0.25) is 0 Å². The maximum absolute atomic E-state index is 13.5. The summed E-state index contributed by atoms with van der Waals surface area (Å²) >= 11 is 0. The minimum absolute atomic E-state index is 0.0311. The molecule has 1 amide bonds. The minimum Gasteiger partial charge on any atom is -0.497 e. The van der Waals surface area contributed by atoms with E-state index in [0.29, 0.717) is 11.3 Å². The van der Waals surface area contributed by atoms with Crippen LogP contribution in [-0.4, -0.2) is 54.6 Å². The number of carbonyl (C=O) groups is 2. The Hall–Kier alpha value is -4.58. The fourth-order valence-corrected chi connectivity index (χ4v) is 4.66. The number of hydrogen-bond acceptors (Lipinski definition) is 9. The minimum atomic E-state index is -4.10. The van der Waals surface area contributed by atoms with E-state index in [1.807, 2.05) is 6.92 Å². The number of nitrogens with one attached hydrogen (secondary N) is 1. The number of methoxy groups -OCH3 is 3. The molecule has 0 heterocycles. The Balaban J connectivity index is 1.80. The van der Waals surface area contributed by atoms with Gasteiger partial charge in [0.25, 0.3) is 15.9 Å². The van der Waals surface area contributed by atoms with Crippen molar-refractivity contribution in [3.8, 4) is 17.2 Å². The number of hydrogen-bond donors (Lipinski definition) is 1. The third kappa shape index (κ3) is 7.01. The number of carbonyl (C=O) groups excluding carboxylic acids is 2. The molecule has 0 bridgehead atoms. The second kappa shape index (κ2) is 12.6. The predicted octanol–water partition coefficient (Wildman–Crippen LogP) is 3.50. The maximum Gasteiger partial charge on any atom is 0.513 e. The molecule has 12 heteroatoms. The van der Waals surface area contributed by atoms with Gasteiger partial charge in [0, 0.05) is 6.07 Å². The fourth-order valence-electron chi connectivity index (χ4n) is 3.24. The second-order valence-corrected chi connectivity index (χ2v) is 9.65. The summed E-state index contributed by atoms with van der Waals surface area (Å²) in [4.78, 5) is 24.2. The molecule has 0 saturated carbocycles.